The van der Waals surface area contributed by atoms with E-state index in [2.05, 4.69) is 10.6 Å². The molecule has 8 nitrogen and oxygen atoms in total. The lowest BCUT2D eigenvalue weighted by Crippen LogP contribution is -2.65. The SMILES string of the molecule is CC(C)(C)OC(=O)NCC1(NC(=O)OCc2ccccc2)COC(C)(C)OC1. The predicted molar refractivity (Wildman–Crippen MR) is 103 cm³/mol. The lowest BCUT2D eigenvalue weighted by molar-refractivity contribution is -0.269. The summed E-state index contributed by atoms with van der Waals surface area (Å²) in [4.78, 5) is 24.3. The van der Waals surface area contributed by atoms with Gasteiger partial charge in [-0.1, -0.05) is 30.3 Å². The summed E-state index contributed by atoms with van der Waals surface area (Å²) in [7, 11) is 0. The molecular weight excluding hydrogens is 364 g/mol. The molecule has 0 radical (unpaired) electrons. The van der Waals surface area contributed by atoms with Crippen molar-refractivity contribution in [2.75, 3.05) is 19.8 Å². The Morgan fingerprint density at radius 1 is 1.07 bits per heavy atom. The molecule has 0 bridgehead atoms. The van der Waals surface area contributed by atoms with E-state index >= 15 is 0 Å². The molecule has 2 N–H and O–H groups in total. The summed E-state index contributed by atoms with van der Waals surface area (Å²) in [6.07, 6.45) is -1.21. The monoisotopic (exact) mass is 394 g/mol. The third kappa shape index (κ3) is 7.36. The number of nitrogens with one attached hydrogen (secondary N) is 2. The normalized spacial score (nSPS) is 18.0. The molecule has 0 atom stereocenters. The lowest BCUT2D eigenvalue weighted by Gasteiger charge is -2.43. The number of hydrogen-bond donors (Lipinski definition) is 2. The van der Waals surface area contributed by atoms with E-state index in [1.807, 2.05) is 30.3 Å². The summed E-state index contributed by atoms with van der Waals surface area (Å²) < 4.78 is 21.9. The van der Waals surface area contributed by atoms with Gasteiger partial charge in [0.25, 0.3) is 0 Å². The van der Waals surface area contributed by atoms with Gasteiger partial charge in [-0.2, -0.15) is 0 Å². The molecule has 28 heavy (non-hydrogen) atoms. The van der Waals surface area contributed by atoms with E-state index in [1.54, 1.807) is 34.6 Å². The first-order chi connectivity index (χ1) is 13.0. The second kappa shape index (κ2) is 8.79. The van der Waals surface area contributed by atoms with Crippen molar-refractivity contribution in [1.82, 2.24) is 10.6 Å². The molecule has 1 saturated heterocycles. The molecule has 1 heterocycles. The summed E-state index contributed by atoms with van der Waals surface area (Å²) in [5.74, 6) is -0.773. The number of hydrogen-bond acceptors (Lipinski definition) is 6. The van der Waals surface area contributed by atoms with Crippen molar-refractivity contribution >= 4 is 12.2 Å². The van der Waals surface area contributed by atoms with Gasteiger partial charge in [0.05, 0.1) is 13.2 Å². The zero-order valence-corrected chi connectivity index (χ0v) is 17.2. The van der Waals surface area contributed by atoms with E-state index in [-0.39, 0.29) is 26.4 Å². The van der Waals surface area contributed by atoms with Crippen molar-refractivity contribution < 1.29 is 28.5 Å². The molecular formula is C20H30N2O6. The van der Waals surface area contributed by atoms with E-state index < -0.39 is 29.1 Å². The van der Waals surface area contributed by atoms with Crippen LogP contribution in [0.15, 0.2) is 30.3 Å². The van der Waals surface area contributed by atoms with Gasteiger partial charge in [-0.15, -0.1) is 0 Å². The van der Waals surface area contributed by atoms with Gasteiger partial charge in [-0.3, -0.25) is 0 Å². The maximum Gasteiger partial charge on any atom is 0.408 e. The van der Waals surface area contributed by atoms with Gasteiger partial charge in [0.1, 0.15) is 17.7 Å². The number of ether oxygens (including phenoxy) is 4. The average Bonchev–Trinajstić information content (AvgIpc) is 2.60. The molecule has 1 fully saturated rings. The zero-order chi connectivity index (χ0) is 20.8. The molecule has 1 aliphatic heterocycles. The smallest absolute Gasteiger partial charge is 0.408 e. The van der Waals surface area contributed by atoms with E-state index in [0.29, 0.717) is 0 Å². The fourth-order valence-electron chi connectivity index (χ4n) is 2.46. The first-order valence-corrected chi connectivity index (χ1v) is 9.22. The highest BCUT2D eigenvalue weighted by Gasteiger charge is 2.42. The van der Waals surface area contributed by atoms with Crippen molar-refractivity contribution in [3.8, 4) is 0 Å². The number of amides is 2. The third-order valence-corrected chi connectivity index (χ3v) is 3.94. The van der Waals surface area contributed by atoms with Crippen LogP contribution in [-0.4, -0.2) is 48.9 Å². The second-order valence-corrected chi connectivity index (χ2v) is 8.30. The Bertz CT molecular complexity index is 659. The fraction of sp³-hybridized carbons (Fsp3) is 0.600. The van der Waals surface area contributed by atoms with Crippen molar-refractivity contribution in [2.45, 2.75) is 58.2 Å². The Morgan fingerprint density at radius 3 is 2.25 bits per heavy atom. The van der Waals surface area contributed by atoms with Gasteiger partial charge in [-0.25, -0.2) is 9.59 Å². The largest absolute Gasteiger partial charge is 0.445 e. The summed E-state index contributed by atoms with van der Waals surface area (Å²) >= 11 is 0. The molecule has 0 aliphatic carbocycles. The van der Waals surface area contributed by atoms with Crippen LogP contribution in [0.5, 0.6) is 0 Å². The third-order valence-electron chi connectivity index (χ3n) is 3.94. The molecule has 1 aliphatic rings. The van der Waals surface area contributed by atoms with Crippen LogP contribution >= 0.6 is 0 Å². The van der Waals surface area contributed by atoms with Gasteiger partial charge < -0.3 is 29.6 Å². The highest BCUT2D eigenvalue weighted by Crippen LogP contribution is 2.23. The maximum atomic E-state index is 12.3. The van der Waals surface area contributed by atoms with Crippen LogP contribution in [0.3, 0.4) is 0 Å². The molecule has 2 rings (SSSR count). The fourth-order valence-corrected chi connectivity index (χ4v) is 2.46. The Kier molecular flexibility index (Phi) is 6.90. The first-order valence-electron chi connectivity index (χ1n) is 9.22. The Morgan fingerprint density at radius 2 is 1.68 bits per heavy atom. The van der Waals surface area contributed by atoms with E-state index in [4.69, 9.17) is 18.9 Å². The van der Waals surface area contributed by atoms with Gasteiger partial charge in [0.2, 0.25) is 0 Å². The lowest BCUT2D eigenvalue weighted by atomic mass is 10.0. The Balaban J connectivity index is 1.96. The highest BCUT2D eigenvalue weighted by atomic mass is 16.7. The average molecular weight is 394 g/mol. The Labute approximate surface area is 165 Å². The van der Waals surface area contributed by atoms with Crippen molar-refractivity contribution in [3.05, 3.63) is 35.9 Å². The van der Waals surface area contributed by atoms with Crippen LogP contribution in [0.2, 0.25) is 0 Å². The van der Waals surface area contributed by atoms with E-state index in [1.165, 1.54) is 0 Å². The number of carbonyl (C=O) groups is 2. The summed E-state index contributed by atoms with van der Waals surface area (Å²) in [5.41, 5.74) is -0.725. The minimum atomic E-state index is -0.972. The summed E-state index contributed by atoms with van der Waals surface area (Å²) in [5, 5.41) is 5.44. The topological polar surface area (TPSA) is 95.1 Å². The molecule has 0 unspecified atom stereocenters. The highest BCUT2D eigenvalue weighted by molar-refractivity contribution is 5.70. The van der Waals surface area contributed by atoms with Gasteiger partial charge in [-0.05, 0) is 40.2 Å². The molecule has 0 aromatic heterocycles. The van der Waals surface area contributed by atoms with E-state index in [9.17, 15) is 9.59 Å². The molecule has 156 valence electrons. The van der Waals surface area contributed by atoms with Crippen LogP contribution in [0.25, 0.3) is 0 Å². The Hall–Kier alpha value is -2.32. The number of rotatable bonds is 5. The predicted octanol–water partition coefficient (Wildman–Crippen LogP) is 2.96. The van der Waals surface area contributed by atoms with Gasteiger partial charge >= 0.3 is 12.2 Å². The summed E-state index contributed by atoms with van der Waals surface area (Å²) in [6.45, 7) is 9.39. The molecule has 2 amide bonds. The summed E-state index contributed by atoms with van der Waals surface area (Å²) in [6, 6.07) is 9.35. The van der Waals surface area contributed by atoms with Crippen LogP contribution in [0.4, 0.5) is 9.59 Å². The standard InChI is InChI=1S/C20H30N2O6/c1-18(2,3)28-16(23)21-12-20(13-26-19(4,5)27-14-20)22-17(24)25-11-15-9-7-6-8-10-15/h6-10H,11-14H2,1-5H3,(H,21,23)(H,22,24). The van der Waals surface area contributed by atoms with Crippen molar-refractivity contribution in [2.24, 2.45) is 0 Å². The van der Waals surface area contributed by atoms with E-state index in [0.717, 1.165) is 5.56 Å². The number of carbonyl (C=O) groups excluding carboxylic acids is 2. The van der Waals surface area contributed by atoms with Gasteiger partial charge in [0, 0.05) is 6.54 Å². The molecule has 8 heteroatoms. The molecule has 0 saturated carbocycles. The molecule has 1 aromatic rings. The van der Waals surface area contributed by atoms with Crippen LogP contribution in [0.1, 0.15) is 40.2 Å². The minimum Gasteiger partial charge on any atom is -0.445 e. The number of alkyl carbamates (subject to hydrolysis) is 2. The molecule has 1 aromatic carbocycles. The van der Waals surface area contributed by atoms with Crippen molar-refractivity contribution in [3.63, 3.8) is 0 Å². The number of benzene rings is 1. The van der Waals surface area contributed by atoms with Crippen LogP contribution in [0, 0.1) is 0 Å². The minimum absolute atomic E-state index is 0.0679. The van der Waals surface area contributed by atoms with Crippen LogP contribution in [-0.2, 0) is 25.6 Å². The van der Waals surface area contributed by atoms with Crippen molar-refractivity contribution in [1.29, 1.82) is 0 Å². The maximum absolute atomic E-state index is 12.3. The van der Waals surface area contributed by atoms with Crippen LogP contribution < -0.4 is 10.6 Å². The van der Waals surface area contributed by atoms with Gasteiger partial charge in [0.15, 0.2) is 5.79 Å². The first kappa shape index (κ1) is 22.0. The molecule has 0 spiro atoms. The zero-order valence-electron chi connectivity index (χ0n) is 17.2. The quantitative estimate of drug-likeness (QED) is 0.797. The second-order valence-electron chi connectivity index (χ2n) is 8.30.